The van der Waals surface area contributed by atoms with Crippen LogP contribution in [0.5, 0.6) is 0 Å². The van der Waals surface area contributed by atoms with E-state index in [0.29, 0.717) is 25.2 Å². The van der Waals surface area contributed by atoms with E-state index in [9.17, 15) is 18.0 Å². The molecular weight excluding hydrogens is 365 g/mol. The minimum Gasteiger partial charge on any atom is -0.329 e. The summed E-state index contributed by atoms with van der Waals surface area (Å²) in [5.74, 6) is -0.643. The Balaban J connectivity index is 0.00000196. The van der Waals surface area contributed by atoms with Crippen LogP contribution in [0.15, 0.2) is 48.5 Å². The molecule has 0 aliphatic carbocycles. The van der Waals surface area contributed by atoms with Gasteiger partial charge in [0.05, 0.1) is 17.2 Å². The smallest absolute Gasteiger partial charge is 0.329 e. The summed E-state index contributed by atoms with van der Waals surface area (Å²) < 4.78 is 40.4. The Kier molecular flexibility index (Phi) is 4.99. The van der Waals surface area contributed by atoms with Crippen molar-refractivity contribution >= 4 is 18.3 Å². The minimum absolute atomic E-state index is 0. The van der Waals surface area contributed by atoms with Gasteiger partial charge in [0.15, 0.2) is 0 Å². The van der Waals surface area contributed by atoms with Gasteiger partial charge in [-0.1, -0.05) is 42.5 Å². The van der Waals surface area contributed by atoms with Gasteiger partial charge in [-0.25, -0.2) is 0 Å². The predicted molar refractivity (Wildman–Crippen MR) is 94.4 cm³/mol. The molecular formula is C19H18ClF3N2O. The van der Waals surface area contributed by atoms with Gasteiger partial charge < -0.3 is 10.2 Å². The van der Waals surface area contributed by atoms with E-state index >= 15 is 0 Å². The van der Waals surface area contributed by atoms with Crippen molar-refractivity contribution in [2.45, 2.75) is 24.7 Å². The van der Waals surface area contributed by atoms with Crippen LogP contribution in [0.2, 0.25) is 0 Å². The molecule has 2 aromatic rings. The average Bonchev–Trinajstić information content (AvgIpc) is 3.08. The Morgan fingerprint density at radius 2 is 1.77 bits per heavy atom. The van der Waals surface area contributed by atoms with E-state index < -0.39 is 17.6 Å². The van der Waals surface area contributed by atoms with Gasteiger partial charge in [-0.2, -0.15) is 13.2 Å². The monoisotopic (exact) mass is 382 g/mol. The number of amides is 1. The van der Waals surface area contributed by atoms with Crippen molar-refractivity contribution in [1.82, 2.24) is 10.2 Å². The molecule has 2 aliphatic heterocycles. The zero-order valence-electron chi connectivity index (χ0n) is 13.8. The van der Waals surface area contributed by atoms with Gasteiger partial charge >= 0.3 is 6.18 Å². The fourth-order valence-electron chi connectivity index (χ4n) is 3.93. The van der Waals surface area contributed by atoms with Crippen LogP contribution in [0.3, 0.4) is 0 Å². The van der Waals surface area contributed by atoms with E-state index in [-0.39, 0.29) is 29.9 Å². The zero-order chi connectivity index (χ0) is 17.6. The normalized spacial score (nSPS) is 21.8. The molecule has 1 saturated heterocycles. The van der Waals surface area contributed by atoms with Gasteiger partial charge in [-0.3, -0.25) is 4.79 Å². The first-order valence-electron chi connectivity index (χ1n) is 8.22. The van der Waals surface area contributed by atoms with Gasteiger partial charge in [0.2, 0.25) is 0 Å². The lowest BCUT2D eigenvalue weighted by atomic mass is 9.82. The Hall–Kier alpha value is -2.05. The van der Waals surface area contributed by atoms with Crippen molar-refractivity contribution in [1.29, 1.82) is 0 Å². The van der Waals surface area contributed by atoms with Crippen molar-refractivity contribution < 1.29 is 18.0 Å². The molecule has 1 amide bonds. The van der Waals surface area contributed by atoms with E-state index in [1.54, 1.807) is 11.0 Å². The number of nitrogens with zero attached hydrogens (tertiary/aromatic N) is 1. The van der Waals surface area contributed by atoms with Gasteiger partial charge in [0, 0.05) is 25.6 Å². The van der Waals surface area contributed by atoms with Crippen molar-refractivity contribution in [2.24, 2.45) is 0 Å². The maximum absolute atomic E-state index is 13.5. The molecule has 1 fully saturated rings. The number of benzene rings is 2. The van der Waals surface area contributed by atoms with Crippen LogP contribution in [0.1, 0.15) is 33.0 Å². The number of rotatable bonds is 2. The molecule has 0 saturated carbocycles. The Bertz CT molecular complexity index is 810. The highest BCUT2D eigenvalue weighted by Gasteiger charge is 2.46. The maximum atomic E-state index is 13.5. The van der Waals surface area contributed by atoms with Crippen molar-refractivity contribution in [2.75, 3.05) is 13.1 Å². The molecule has 138 valence electrons. The molecule has 7 heteroatoms. The summed E-state index contributed by atoms with van der Waals surface area (Å²) in [5, 5.41) is 3.22. The van der Waals surface area contributed by atoms with E-state index in [4.69, 9.17) is 0 Å². The highest BCUT2D eigenvalue weighted by Crippen LogP contribution is 2.42. The molecule has 1 N–H and O–H groups in total. The summed E-state index contributed by atoms with van der Waals surface area (Å²) in [7, 11) is 0. The topological polar surface area (TPSA) is 32.3 Å². The van der Waals surface area contributed by atoms with Gasteiger partial charge in [-0.15, -0.1) is 12.4 Å². The summed E-state index contributed by atoms with van der Waals surface area (Å²) in [5.41, 5.74) is 0.405. The third-order valence-corrected chi connectivity index (χ3v) is 5.05. The first-order chi connectivity index (χ1) is 12.0. The molecule has 0 radical (unpaired) electrons. The van der Waals surface area contributed by atoms with E-state index in [1.165, 1.54) is 6.07 Å². The van der Waals surface area contributed by atoms with Crippen molar-refractivity contribution in [3.8, 4) is 0 Å². The second-order valence-electron chi connectivity index (χ2n) is 6.52. The average molecular weight is 383 g/mol. The SMILES string of the molecule is Cl.O=C1c2c(cccc2C(F)(F)F)[C@@H]2CNC[C@H]2N1Cc1ccccc1. The Morgan fingerprint density at radius 3 is 2.46 bits per heavy atom. The third-order valence-electron chi connectivity index (χ3n) is 5.05. The summed E-state index contributed by atoms with van der Waals surface area (Å²) in [4.78, 5) is 14.6. The fraction of sp³-hybridized carbons (Fsp3) is 0.316. The molecule has 3 nitrogen and oxygen atoms in total. The quantitative estimate of drug-likeness (QED) is 0.856. The maximum Gasteiger partial charge on any atom is 0.417 e. The molecule has 0 aromatic heterocycles. The highest BCUT2D eigenvalue weighted by molar-refractivity contribution is 5.99. The van der Waals surface area contributed by atoms with Crippen LogP contribution in [0, 0.1) is 0 Å². The standard InChI is InChI=1S/C19H17F3N2O.ClH/c20-19(21,22)15-8-4-7-13-14-9-23-10-16(14)24(18(25)17(13)15)11-12-5-2-1-3-6-12;/h1-8,14,16,23H,9-11H2;1H/t14-,16+;/m0./s1. The number of halogens is 4. The van der Waals surface area contributed by atoms with Crippen molar-refractivity contribution in [3.05, 3.63) is 70.8 Å². The molecule has 0 unspecified atom stereocenters. The van der Waals surface area contributed by atoms with Crippen molar-refractivity contribution in [3.63, 3.8) is 0 Å². The number of carbonyl (C=O) groups excluding carboxylic acids is 1. The lowest BCUT2D eigenvalue weighted by molar-refractivity contribution is -0.138. The molecule has 2 heterocycles. The van der Waals surface area contributed by atoms with Crippen LogP contribution in [-0.4, -0.2) is 29.9 Å². The Morgan fingerprint density at radius 1 is 1.04 bits per heavy atom. The summed E-state index contributed by atoms with van der Waals surface area (Å²) in [6.07, 6.45) is -4.54. The third kappa shape index (κ3) is 3.08. The van der Waals surface area contributed by atoms with Gasteiger partial charge in [0.1, 0.15) is 0 Å². The molecule has 26 heavy (non-hydrogen) atoms. The lowest BCUT2D eigenvalue weighted by Crippen LogP contribution is -2.48. The molecule has 2 atom stereocenters. The van der Waals surface area contributed by atoms with Crippen LogP contribution in [0.25, 0.3) is 0 Å². The van der Waals surface area contributed by atoms with E-state index in [2.05, 4.69) is 5.32 Å². The summed E-state index contributed by atoms with van der Waals surface area (Å²) in [6, 6.07) is 13.3. The number of carbonyl (C=O) groups is 1. The molecule has 2 aliphatic rings. The minimum atomic E-state index is -4.54. The summed E-state index contributed by atoms with van der Waals surface area (Å²) in [6.45, 7) is 1.49. The van der Waals surface area contributed by atoms with Crippen LogP contribution >= 0.6 is 12.4 Å². The second kappa shape index (κ2) is 6.93. The second-order valence-corrected chi connectivity index (χ2v) is 6.52. The largest absolute Gasteiger partial charge is 0.417 e. The zero-order valence-corrected chi connectivity index (χ0v) is 14.6. The number of fused-ring (bicyclic) bond motifs is 3. The molecule has 2 aromatic carbocycles. The lowest BCUT2D eigenvalue weighted by Gasteiger charge is -2.39. The highest BCUT2D eigenvalue weighted by atomic mass is 35.5. The first kappa shape index (κ1) is 18.7. The number of hydrogen-bond acceptors (Lipinski definition) is 2. The Labute approximate surface area is 155 Å². The number of hydrogen-bond donors (Lipinski definition) is 1. The van der Waals surface area contributed by atoms with E-state index in [1.807, 2.05) is 30.3 Å². The van der Waals surface area contributed by atoms with Gasteiger partial charge in [0.25, 0.3) is 5.91 Å². The molecule has 4 rings (SSSR count). The van der Waals surface area contributed by atoms with Crippen LogP contribution < -0.4 is 5.32 Å². The molecule has 0 bridgehead atoms. The predicted octanol–water partition coefficient (Wildman–Crippen LogP) is 3.84. The fourth-order valence-corrected chi connectivity index (χ4v) is 3.93. The molecule has 0 spiro atoms. The first-order valence-corrected chi connectivity index (χ1v) is 8.22. The van der Waals surface area contributed by atoms with Gasteiger partial charge in [-0.05, 0) is 17.2 Å². The summed E-state index contributed by atoms with van der Waals surface area (Å²) >= 11 is 0. The van der Waals surface area contributed by atoms with Crippen LogP contribution in [-0.2, 0) is 12.7 Å². The number of nitrogens with one attached hydrogen (secondary N) is 1. The number of alkyl halides is 3. The van der Waals surface area contributed by atoms with Crippen LogP contribution in [0.4, 0.5) is 13.2 Å². The van der Waals surface area contributed by atoms with E-state index in [0.717, 1.165) is 11.6 Å².